The van der Waals surface area contributed by atoms with Gasteiger partial charge in [0.25, 0.3) is 0 Å². The lowest BCUT2D eigenvalue weighted by atomic mass is 9.96. The van der Waals surface area contributed by atoms with Gasteiger partial charge in [-0.1, -0.05) is 0 Å². The van der Waals surface area contributed by atoms with E-state index < -0.39 is 17.6 Å². The summed E-state index contributed by atoms with van der Waals surface area (Å²) in [6, 6.07) is 4.90. The minimum absolute atomic E-state index is 0.133. The lowest BCUT2D eigenvalue weighted by Crippen LogP contribution is -2.23. The number of imidazole rings is 1. The molecule has 1 spiro atoms. The number of alkyl halides is 3. The molecule has 8 heteroatoms. The molecular weight excluding hydrogens is 373 g/mol. The molecule has 0 bridgehead atoms. The minimum atomic E-state index is -4.55. The predicted molar refractivity (Wildman–Crippen MR) is 96.2 cm³/mol. The second-order valence-corrected chi connectivity index (χ2v) is 7.32. The Kier molecular flexibility index (Phi) is 4.71. The van der Waals surface area contributed by atoms with Gasteiger partial charge in [-0.15, -0.1) is 0 Å². The number of rotatable bonds is 4. The van der Waals surface area contributed by atoms with Crippen LogP contribution < -0.4 is 4.74 Å². The van der Waals surface area contributed by atoms with Gasteiger partial charge < -0.3 is 14.6 Å². The highest BCUT2D eigenvalue weighted by atomic mass is 19.4. The van der Waals surface area contributed by atoms with E-state index in [2.05, 4.69) is 4.98 Å². The van der Waals surface area contributed by atoms with Crippen molar-refractivity contribution in [1.82, 2.24) is 9.55 Å². The molecule has 0 unspecified atom stereocenters. The molecule has 2 heterocycles. The van der Waals surface area contributed by atoms with Crippen LogP contribution in [0.4, 0.5) is 13.2 Å². The number of aromatic nitrogens is 2. The molecule has 2 aliphatic rings. The van der Waals surface area contributed by atoms with Crippen molar-refractivity contribution in [3.8, 4) is 11.4 Å². The van der Waals surface area contributed by atoms with E-state index in [0.717, 1.165) is 35.6 Å². The molecule has 1 aliphatic heterocycles. The van der Waals surface area contributed by atoms with Crippen molar-refractivity contribution in [1.29, 1.82) is 0 Å². The van der Waals surface area contributed by atoms with E-state index >= 15 is 0 Å². The molecule has 0 radical (unpaired) electrons. The Morgan fingerprint density at radius 2 is 2.21 bits per heavy atom. The summed E-state index contributed by atoms with van der Waals surface area (Å²) in [4.78, 5) is 3.45. The first-order chi connectivity index (χ1) is 13.3. The molecule has 2 atom stereocenters. The molecular formula is C20H21F3N2O3. The van der Waals surface area contributed by atoms with Crippen LogP contribution in [0.5, 0.6) is 5.75 Å². The molecule has 0 saturated heterocycles. The molecule has 150 valence electrons. The Morgan fingerprint density at radius 1 is 1.39 bits per heavy atom. The van der Waals surface area contributed by atoms with E-state index in [4.69, 9.17) is 9.47 Å². The van der Waals surface area contributed by atoms with E-state index in [-0.39, 0.29) is 12.5 Å². The fourth-order valence-electron chi connectivity index (χ4n) is 4.16. The number of methoxy groups -OCH3 is 1. The summed E-state index contributed by atoms with van der Waals surface area (Å²) < 4.78 is 52.2. The van der Waals surface area contributed by atoms with Crippen molar-refractivity contribution in [2.45, 2.75) is 31.0 Å². The molecule has 1 fully saturated rings. The van der Waals surface area contributed by atoms with Crippen LogP contribution in [-0.4, -0.2) is 40.6 Å². The predicted octanol–water partition coefficient (Wildman–Crippen LogP) is 3.84. The monoisotopic (exact) mass is 394 g/mol. The first-order valence-corrected chi connectivity index (χ1v) is 9.11. The van der Waals surface area contributed by atoms with Gasteiger partial charge in [-0.25, -0.2) is 4.98 Å². The summed E-state index contributed by atoms with van der Waals surface area (Å²) in [6.07, 6.45) is 2.38. The molecule has 4 rings (SSSR count). The first-order valence-electron chi connectivity index (χ1n) is 9.11. The summed E-state index contributed by atoms with van der Waals surface area (Å²) >= 11 is 0. The maximum absolute atomic E-state index is 13.2. The number of halogens is 3. The Balaban J connectivity index is 1.73. The largest absolute Gasteiger partial charge is 0.496 e. The van der Waals surface area contributed by atoms with Crippen LogP contribution in [0.1, 0.15) is 30.7 Å². The van der Waals surface area contributed by atoms with Crippen LogP contribution >= 0.6 is 0 Å². The van der Waals surface area contributed by atoms with Crippen molar-refractivity contribution in [3.63, 3.8) is 0 Å². The molecule has 1 aromatic heterocycles. The zero-order valence-electron chi connectivity index (χ0n) is 15.4. The van der Waals surface area contributed by atoms with Crippen LogP contribution in [0.15, 0.2) is 36.7 Å². The quantitative estimate of drug-likeness (QED) is 0.856. The highest BCUT2D eigenvalue weighted by Gasteiger charge is 2.42. The van der Waals surface area contributed by atoms with Gasteiger partial charge in [0.05, 0.1) is 19.3 Å². The van der Waals surface area contributed by atoms with E-state index in [1.807, 2.05) is 6.08 Å². The Hall–Kier alpha value is -2.32. The SMILES string of the molecule is COc1ccc(-n2ccnc2C(F)(F)F)cc1C1=C[C@@]2(CC[C@H](CO)C2)OC1. The highest BCUT2D eigenvalue weighted by Crippen LogP contribution is 2.45. The lowest BCUT2D eigenvalue weighted by molar-refractivity contribution is -0.145. The fourth-order valence-corrected chi connectivity index (χ4v) is 4.16. The van der Waals surface area contributed by atoms with E-state index in [1.165, 1.54) is 13.3 Å². The summed E-state index contributed by atoms with van der Waals surface area (Å²) in [7, 11) is 1.53. The van der Waals surface area contributed by atoms with Gasteiger partial charge in [0.15, 0.2) is 0 Å². The van der Waals surface area contributed by atoms with Gasteiger partial charge >= 0.3 is 6.18 Å². The summed E-state index contributed by atoms with van der Waals surface area (Å²) in [5.74, 6) is -0.191. The zero-order valence-corrected chi connectivity index (χ0v) is 15.4. The van der Waals surface area contributed by atoms with Crippen molar-refractivity contribution < 1.29 is 27.8 Å². The van der Waals surface area contributed by atoms with Crippen LogP contribution in [0.3, 0.4) is 0 Å². The zero-order chi connectivity index (χ0) is 19.9. The maximum Gasteiger partial charge on any atom is 0.450 e. The molecule has 2 aromatic rings. The van der Waals surface area contributed by atoms with Crippen molar-refractivity contribution >= 4 is 5.57 Å². The summed E-state index contributed by atoms with van der Waals surface area (Å²) in [5.41, 5.74) is 1.52. The van der Waals surface area contributed by atoms with E-state index in [0.29, 0.717) is 23.6 Å². The topological polar surface area (TPSA) is 56.5 Å². The van der Waals surface area contributed by atoms with Gasteiger partial charge in [-0.3, -0.25) is 4.57 Å². The van der Waals surface area contributed by atoms with Crippen LogP contribution in [0.2, 0.25) is 0 Å². The van der Waals surface area contributed by atoms with Crippen LogP contribution in [-0.2, 0) is 10.9 Å². The van der Waals surface area contributed by atoms with Crippen LogP contribution in [0, 0.1) is 5.92 Å². The lowest BCUT2D eigenvalue weighted by Gasteiger charge is -2.20. The maximum atomic E-state index is 13.2. The average molecular weight is 394 g/mol. The summed E-state index contributed by atoms with van der Waals surface area (Å²) in [6.45, 7) is 0.488. The molecule has 1 saturated carbocycles. The second-order valence-electron chi connectivity index (χ2n) is 7.32. The number of nitrogens with zero attached hydrogens (tertiary/aromatic N) is 2. The van der Waals surface area contributed by atoms with Crippen molar-refractivity contribution in [2.24, 2.45) is 5.92 Å². The Bertz CT molecular complexity index is 906. The third-order valence-corrected chi connectivity index (χ3v) is 5.52. The van der Waals surface area contributed by atoms with E-state index in [1.54, 1.807) is 18.2 Å². The molecule has 28 heavy (non-hydrogen) atoms. The van der Waals surface area contributed by atoms with Gasteiger partial charge in [0.2, 0.25) is 5.82 Å². The molecule has 0 amide bonds. The number of aliphatic hydroxyl groups is 1. The van der Waals surface area contributed by atoms with Gasteiger partial charge in [0.1, 0.15) is 5.75 Å². The minimum Gasteiger partial charge on any atom is -0.496 e. The Morgan fingerprint density at radius 3 is 2.89 bits per heavy atom. The molecule has 1 N–H and O–H groups in total. The second kappa shape index (κ2) is 6.93. The molecule has 1 aliphatic carbocycles. The van der Waals surface area contributed by atoms with E-state index in [9.17, 15) is 18.3 Å². The standard InChI is InChI=1S/C20H21F3N2O3/c1-27-17-3-2-15(25-7-6-24-18(25)20(21,22)23)8-16(17)14-10-19(28-12-14)5-4-13(9-19)11-26/h2-3,6-8,10,13,26H,4-5,9,11-12H2,1H3/t13-,19-/m0/s1. The van der Waals surface area contributed by atoms with Crippen molar-refractivity contribution in [3.05, 3.63) is 48.1 Å². The normalized spacial score (nSPS) is 24.8. The average Bonchev–Trinajstić information content (AvgIpc) is 3.41. The number of ether oxygens (including phenoxy) is 2. The number of hydrogen-bond donors (Lipinski definition) is 1. The number of aliphatic hydroxyl groups excluding tert-OH is 1. The number of benzene rings is 1. The molecule has 5 nitrogen and oxygen atoms in total. The third-order valence-electron chi connectivity index (χ3n) is 5.52. The fraction of sp³-hybridized carbons (Fsp3) is 0.450. The third kappa shape index (κ3) is 3.31. The molecule has 1 aromatic carbocycles. The highest BCUT2D eigenvalue weighted by molar-refractivity contribution is 5.75. The summed E-state index contributed by atoms with van der Waals surface area (Å²) in [5, 5.41) is 9.41. The Labute approximate surface area is 160 Å². The van der Waals surface area contributed by atoms with Gasteiger partial charge in [0, 0.05) is 30.3 Å². The van der Waals surface area contributed by atoms with Gasteiger partial charge in [-0.05, 0) is 55.0 Å². The first kappa shape index (κ1) is 19.0. The smallest absolute Gasteiger partial charge is 0.450 e. The van der Waals surface area contributed by atoms with Crippen molar-refractivity contribution in [2.75, 3.05) is 20.3 Å². The number of hydrogen-bond acceptors (Lipinski definition) is 4. The van der Waals surface area contributed by atoms with Gasteiger partial charge in [-0.2, -0.15) is 13.2 Å². The van der Waals surface area contributed by atoms with Crippen LogP contribution in [0.25, 0.3) is 11.3 Å².